The number of benzene rings is 1. The van der Waals surface area contributed by atoms with Gasteiger partial charge in [0.1, 0.15) is 5.75 Å². The Morgan fingerprint density at radius 1 is 1.32 bits per heavy atom. The molecule has 1 aliphatic rings. The van der Waals surface area contributed by atoms with E-state index in [1.807, 2.05) is 0 Å². The second-order valence-electron chi connectivity index (χ2n) is 6.06. The Morgan fingerprint density at radius 3 is 2.63 bits per heavy atom. The molecule has 1 fully saturated rings. The van der Waals surface area contributed by atoms with Crippen molar-refractivity contribution < 1.29 is 9.90 Å². The lowest BCUT2D eigenvalue weighted by molar-refractivity contribution is 0.0919. The van der Waals surface area contributed by atoms with E-state index in [2.05, 4.69) is 12.2 Å². The Morgan fingerprint density at radius 2 is 2.00 bits per heavy atom. The lowest BCUT2D eigenvalue weighted by atomic mass is 9.76. The SMILES string of the molecule is Cc1cc(C(=O)NCC2(C)CCCCC2)ccc1O. The van der Waals surface area contributed by atoms with Gasteiger partial charge in [0.25, 0.3) is 5.91 Å². The molecule has 3 nitrogen and oxygen atoms in total. The highest BCUT2D eigenvalue weighted by molar-refractivity contribution is 5.94. The van der Waals surface area contributed by atoms with Crippen LogP contribution < -0.4 is 5.32 Å². The second kappa shape index (κ2) is 5.64. The molecule has 0 spiro atoms. The minimum Gasteiger partial charge on any atom is -0.508 e. The molecule has 2 N–H and O–H groups in total. The number of aromatic hydroxyl groups is 1. The summed E-state index contributed by atoms with van der Waals surface area (Å²) < 4.78 is 0. The zero-order valence-corrected chi connectivity index (χ0v) is 11.8. The summed E-state index contributed by atoms with van der Waals surface area (Å²) in [5.74, 6) is 0.186. The summed E-state index contributed by atoms with van der Waals surface area (Å²) in [5, 5.41) is 12.5. The zero-order valence-electron chi connectivity index (χ0n) is 11.8. The highest BCUT2D eigenvalue weighted by Gasteiger charge is 2.27. The third-order valence-corrected chi connectivity index (χ3v) is 4.20. The van der Waals surface area contributed by atoms with Crippen LogP contribution in [0.3, 0.4) is 0 Å². The average Bonchev–Trinajstić information content (AvgIpc) is 2.40. The van der Waals surface area contributed by atoms with Crippen LogP contribution in [0.25, 0.3) is 0 Å². The number of hydrogen-bond donors (Lipinski definition) is 2. The normalized spacial score (nSPS) is 18.0. The molecule has 1 amide bonds. The van der Waals surface area contributed by atoms with Crippen LogP contribution >= 0.6 is 0 Å². The van der Waals surface area contributed by atoms with E-state index in [-0.39, 0.29) is 17.1 Å². The van der Waals surface area contributed by atoms with E-state index < -0.39 is 0 Å². The number of nitrogens with one attached hydrogen (secondary N) is 1. The number of carbonyl (C=O) groups is 1. The summed E-state index contributed by atoms with van der Waals surface area (Å²) >= 11 is 0. The predicted molar refractivity (Wildman–Crippen MR) is 76.4 cm³/mol. The van der Waals surface area contributed by atoms with Gasteiger partial charge in [-0.3, -0.25) is 4.79 Å². The van der Waals surface area contributed by atoms with Crippen LogP contribution in [0.2, 0.25) is 0 Å². The maximum atomic E-state index is 12.1. The number of hydrogen-bond acceptors (Lipinski definition) is 2. The molecular formula is C16H23NO2. The third-order valence-electron chi connectivity index (χ3n) is 4.20. The third kappa shape index (κ3) is 3.49. The maximum Gasteiger partial charge on any atom is 0.251 e. The first-order chi connectivity index (χ1) is 9.00. The molecule has 1 saturated carbocycles. The number of carbonyl (C=O) groups excluding carboxylic acids is 1. The molecule has 0 radical (unpaired) electrons. The van der Waals surface area contributed by atoms with Gasteiger partial charge < -0.3 is 10.4 Å². The van der Waals surface area contributed by atoms with Gasteiger partial charge in [0.15, 0.2) is 0 Å². The van der Waals surface area contributed by atoms with Crippen LogP contribution in [0, 0.1) is 12.3 Å². The molecule has 0 bridgehead atoms. The summed E-state index contributed by atoms with van der Waals surface area (Å²) in [6, 6.07) is 4.97. The summed E-state index contributed by atoms with van der Waals surface area (Å²) in [6.07, 6.45) is 6.25. The molecule has 0 atom stereocenters. The largest absolute Gasteiger partial charge is 0.508 e. The number of aryl methyl sites for hydroxylation is 1. The molecule has 104 valence electrons. The van der Waals surface area contributed by atoms with E-state index in [0.717, 1.165) is 12.1 Å². The average molecular weight is 261 g/mol. The maximum absolute atomic E-state index is 12.1. The van der Waals surface area contributed by atoms with Crippen molar-refractivity contribution in [2.75, 3.05) is 6.54 Å². The molecule has 1 aliphatic carbocycles. The van der Waals surface area contributed by atoms with Gasteiger partial charge in [-0.1, -0.05) is 26.2 Å². The van der Waals surface area contributed by atoms with Crippen LogP contribution in [0.15, 0.2) is 18.2 Å². The van der Waals surface area contributed by atoms with Crippen molar-refractivity contribution in [2.45, 2.75) is 46.0 Å². The van der Waals surface area contributed by atoms with Crippen LogP contribution in [-0.2, 0) is 0 Å². The van der Waals surface area contributed by atoms with Crippen molar-refractivity contribution >= 4 is 5.91 Å². The fourth-order valence-corrected chi connectivity index (χ4v) is 2.77. The van der Waals surface area contributed by atoms with Crippen LogP contribution in [0.1, 0.15) is 54.9 Å². The Kier molecular flexibility index (Phi) is 4.13. The smallest absolute Gasteiger partial charge is 0.251 e. The van der Waals surface area contributed by atoms with Gasteiger partial charge in [-0.2, -0.15) is 0 Å². The molecule has 19 heavy (non-hydrogen) atoms. The highest BCUT2D eigenvalue weighted by atomic mass is 16.3. The van der Waals surface area contributed by atoms with Gasteiger partial charge >= 0.3 is 0 Å². The number of rotatable bonds is 3. The second-order valence-corrected chi connectivity index (χ2v) is 6.06. The van der Waals surface area contributed by atoms with Crippen LogP contribution in [0.4, 0.5) is 0 Å². The van der Waals surface area contributed by atoms with Crippen LogP contribution in [-0.4, -0.2) is 17.6 Å². The van der Waals surface area contributed by atoms with Crippen molar-refractivity contribution in [3.05, 3.63) is 29.3 Å². The summed E-state index contributed by atoms with van der Waals surface area (Å²) in [4.78, 5) is 12.1. The van der Waals surface area contributed by atoms with E-state index >= 15 is 0 Å². The van der Waals surface area contributed by atoms with Crippen molar-refractivity contribution in [1.29, 1.82) is 0 Å². The number of amides is 1. The molecule has 0 aliphatic heterocycles. The topological polar surface area (TPSA) is 49.3 Å². The predicted octanol–water partition coefficient (Wildman–Crippen LogP) is 3.40. The Bertz CT molecular complexity index is 462. The van der Waals surface area contributed by atoms with Crippen molar-refractivity contribution in [1.82, 2.24) is 5.32 Å². The Labute approximate surface area is 115 Å². The first-order valence-corrected chi connectivity index (χ1v) is 7.08. The molecule has 1 aromatic rings. The molecule has 3 heteroatoms. The van der Waals surface area contributed by atoms with Crippen molar-refractivity contribution in [3.8, 4) is 5.75 Å². The van der Waals surface area contributed by atoms with E-state index in [1.165, 1.54) is 32.1 Å². The fourth-order valence-electron chi connectivity index (χ4n) is 2.77. The Balaban J connectivity index is 1.95. The minimum absolute atomic E-state index is 0.0464. The van der Waals surface area contributed by atoms with E-state index in [0.29, 0.717) is 5.56 Å². The van der Waals surface area contributed by atoms with E-state index in [4.69, 9.17) is 0 Å². The van der Waals surface area contributed by atoms with Crippen LogP contribution in [0.5, 0.6) is 5.75 Å². The number of phenolic OH excluding ortho intramolecular Hbond substituents is 1. The van der Waals surface area contributed by atoms with Gasteiger partial charge in [0.05, 0.1) is 0 Å². The monoisotopic (exact) mass is 261 g/mol. The molecule has 1 aromatic carbocycles. The highest BCUT2D eigenvalue weighted by Crippen LogP contribution is 2.35. The number of phenols is 1. The van der Waals surface area contributed by atoms with E-state index in [1.54, 1.807) is 25.1 Å². The zero-order chi connectivity index (χ0) is 13.9. The van der Waals surface area contributed by atoms with Gasteiger partial charge in [0.2, 0.25) is 0 Å². The minimum atomic E-state index is -0.0464. The molecule has 0 heterocycles. The summed E-state index contributed by atoms with van der Waals surface area (Å²) in [6.45, 7) is 4.80. The van der Waals surface area contributed by atoms with Gasteiger partial charge in [0, 0.05) is 12.1 Å². The molecule has 0 unspecified atom stereocenters. The quantitative estimate of drug-likeness (QED) is 0.876. The first kappa shape index (κ1) is 13.9. The standard InChI is InChI=1S/C16H23NO2/c1-12-10-13(6-7-14(12)18)15(19)17-11-16(2)8-4-3-5-9-16/h6-7,10,18H,3-5,8-9,11H2,1-2H3,(H,17,19). The van der Waals surface area contributed by atoms with E-state index in [9.17, 15) is 9.90 Å². The van der Waals surface area contributed by atoms with Gasteiger partial charge in [-0.25, -0.2) is 0 Å². The summed E-state index contributed by atoms with van der Waals surface area (Å²) in [7, 11) is 0. The lowest BCUT2D eigenvalue weighted by Crippen LogP contribution is -2.37. The molecule has 2 rings (SSSR count). The fraction of sp³-hybridized carbons (Fsp3) is 0.562. The van der Waals surface area contributed by atoms with Crippen molar-refractivity contribution in [2.24, 2.45) is 5.41 Å². The first-order valence-electron chi connectivity index (χ1n) is 7.08. The molecule has 0 aromatic heterocycles. The lowest BCUT2D eigenvalue weighted by Gasteiger charge is -2.33. The molecular weight excluding hydrogens is 238 g/mol. The van der Waals surface area contributed by atoms with Gasteiger partial charge in [-0.05, 0) is 48.9 Å². The summed E-state index contributed by atoms with van der Waals surface area (Å²) in [5.41, 5.74) is 1.60. The Hall–Kier alpha value is -1.51. The molecule has 0 saturated heterocycles. The van der Waals surface area contributed by atoms with Gasteiger partial charge in [-0.15, -0.1) is 0 Å². The van der Waals surface area contributed by atoms with Crippen molar-refractivity contribution in [3.63, 3.8) is 0 Å².